The predicted octanol–water partition coefficient (Wildman–Crippen LogP) is 3.67. The summed E-state index contributed by atoms with van der Waals surface area (Å²) >= 11 is 0. The highest BCUT2D eigenvalue weighted by atomic mass is 16.2. The van der Waals surface area contributed by atoms with Gasteiger partial charge in [0.1, 0.15) is 5.82 Å². The Morgan fingerprint density at radius 3 is 2.89 bits per heavy atom. The Labute approximate surface area is 165 Å². The average molecular weight is 377 g/mol. The average Bonchev–Trinajstić information content (AvgIpc) is 3.06. The Hall–Kier alpha value is -2.89. The number of fused-ring (bicyclic) bond motifs is 1. The highest BCUT2D eigenvalue weighted by Gasteiger charge is 2.27. The summed E-state index contributed by atoms with van der Waals surface area (Å²) in [4.78, 5) is 23.9. The van der Waals surface area contributed by atoms with Gasteiger partial charge in [0.05, 0.1) is 11.0 Å². The van der Waals surface area contributed by atoms with Gasteiger partial charge in [-0.2, -0.15) is 0 Å². The molecule has 6 heteroatoms. The molecule has 2 aromatic heterocycles. The number of hydrogen-bond acceptors (Lipinski definition) is 3. The fourth-order valence-electron chi connectivity index (χ4n) is 3.99. The van der Waals surface area contributed by atoms with E-state index >= 15 is 0 Å². The van der Waals surface area contributed by atoms with Gasteiger partial charge < -0.3 is 14.8 Å². The monoisotopic (exact) mass is 377 g/mol. The quantitative estimate of drug-likeness (QED) is 0.757. The molecule has 0 bridgehead atoms. The second-order valence-corrected chi connectivity index (χ2v) is 7.71. The van der Waals surface area contributed by atoms with E-state index in [4.69, 9.17) is 4.98 Å². The van der Waals surface area contributed by atoms with Crippen LogP contribution in [0.15, 0.2) is 36.5 Å². The number of nitrogens with zero attached hydrogens (tertiary/aromatic N) is 4. The normalized spacial score (nSPS) is 17.1. The van der Waals surface area contributed by atoms with E-state index in [9.17, 15) is 4.79 Å². The maximum absolute atomic E-state index is 12.7. The van der Waals surface area contributed by atoms with Crippen LogP contribution in [0.2, 0.25) is 0 Å². The minimum Gasteiger partial charge on any atom is -0.334 e. The van der Waals surface area contributed by atoms with Crippen molar-refractivity contribution in [3.05, 3.63) is 59.2 Å². The number of rotatable bonds is 3. The Balaban J connectivity index is 1.43. The van der Waals surface area contributed by atoms with Gasteiger partial charge in [-0.05, 0) is 49.9 Å². The highest BCUT2D eigenvalue weighted by Crippen LogP contribution is 2.28. The fraction of sp³-hybridized carbons (Fsp3) is 0.409. The zero-order valence-electron chi connectivity index (χ0n) is 16.8. The molecule has 0 saturated carbocycles. The molecule has 6 nitrogen and oxygen atoms in total. The number of imidazole rings is 1. The van der Waals surface area contributed by atoms with Gasteiger partial charge in [0.2, 0.25) is 0 Å². The van der Waals surface area contributed by atoms with Crippen LogP contribution in [-0.2, 0) is 13.6 Å². The molecule has 1 saturated heterocycles. The van der Waals surface area contributed by atoms with Crippen molar-refractivity contribution in [2.75, 3.05) is 13.1 Å². The number of pyridine rings is 1. The van der Waals surface area contributed by atoms with E-state index in [0.29, 0.717) is 13.1 Å². The number of hydrogen-bond donors (Lipinski definition) is 1. The molecule has 1 atom stereocenters. The van der Waals surface area contributed by atoms with Crippen molar-refractivity contribution in [1.82, 2.24) is 24.8 Å². The smallest absolute Gasteiger partial charge is 0.317 e. The van der Waals surface area contributed by atoms with Crippen molar-refractivity contribution in [1.29, 1.82) is 0 Å². The molecular formula is C22H27N5O. The minimum atomic E-state index is -0.0123. The molecule has 0 unspecified atom stereocenters. The van der Waals surface area contributed by atoms with Crippen LogP contribution in [0.1, 0.15) is 41.4 Å². The Bertz CT molecular complexity index is 1010. The topological polar surface area (TPSA) is 63.1 Å². The molecule has 1 aliphatic rings. The number of urea groups is 1. The number of carbonyl (C=O) groups excluding carboxylic acids is 1. The number of benzene rings is 1. The van der Waals surface area contributed by atoms with Crippen molar-refractivity contribution in [2.45, 2.75) is 39.2 Å². The van der Waals surface area contributed by atoms with Crippen molar-refractivity contribution in [3.63, 3.8) is 0 Å². The van der Waals surface area contributed by atoms with E-state index < -0.39 is 0 Å². The summed E-state index contributed by atoms with van der Waals surface area (Å²) in [7, 11) is 2.07. The van der Waals surface area contributed by atoms with Gasteiger partial charge in [-0.25, -0.2) is 9.78 Å². The van der Waals surface area contributed by atoms with Crippen LogP contribution in [0.25, 0.3) is 11.0 Å². The van der Waals surface area contributed by atoms with Gasteiger partial charge in [-0.3, -0.25) is 4.98 Å². The van der Waals surface area contributed by atoms with Gasteiger partial charge in [-0.1, -0.05) is 18.2 Å². The first-order valence-corrected chi connectivity index (χ1v) is 9.89. The van der Waals surface area contributed by atoms with E-state index in [1.165, 1.54) is 0 Å². The maximum atomic E-state index is 12.7. The van der Waals surface area contributed by atoms with Crippen molar-refractivity contribution < 1.29 is 4.79 Å². The minimum absolute atomic E-state index is 0.0123. The number of piperidine rings is 1. The lowest BCUT2D eigenvalue weighted by Crippen LogP contribution is -2.45. The summed E-state index contributed by atoms with van der Waals surface area (Å²) in [5.41, 5.74) is 5.36. The Morgan fingerprint density at radius 1 is 1.29 bits per heavy atom. The molecule has 2 amide bonds. The van der Waals surface area contributed by atoms with Crippen molar-refractivity contribution in [2.24, 2.45) is 7.05 Å². The number of aryl methyl sites for hydroxylation is 3. The van der Waals surface area contributed by atoms with Crippen LogP contribution in [0.4, 0.5) is 4.79 Å². The molecule has 1 fully saturated rings. The van der Waals surface area contributed by atoms with Crippen molar-refractivity contribution in [3.8, 4) is 0 Å². The number of aromatic nitrogens is 3. The molecule has 0 aliphatic carbocycles. The second kappa shape index (κ2) is 7.62. The number of amides is 2. The molecule has 1 N–H and O–H groups in total. The predicted molar refractivity (Wildman–Crippen MR) is 110 cm³/mol. The third-order valence-electron chi connectivity index (χ3n) is 5.74. The van der Waals surface area contributed by atoms with E-state index in [-0.39, 0.29) is 11.9 Å². The van der Waals surface area contributed by atoms with Crippen LogP contribution in [-0.4, -0.2) is 38.6 Å². The van der Waals surface area contributed by atoms with Crippen LogP contribution < -0.4 is 5.32 Å². The van der Waals surface area contributed by atoms with Crippen LogP contribution in [0.5, 0.6) is 0 Å². The third kappa shape index (κ3) is 3.59. The SMILES string of the molecule is Cc1cc(CNC(=O)N2CCC[C@@H](c3nc4ccccc4n3C)C2)cnc1C. The Kier molecular flexibility index (Phi) is 5.03. The molecule has 0 spiro atoms. The van der Waals surface area contributed by atoms with Crippen molar-refractivity contribution >= 4 is 17.1 Å². The van der Waals surface area contributed by atoms with E-state index in [1.807, 2.05) is 43.1 Å². The fourth-order valence-corrected chi connectivity index (χ4v) is 3.99. The lowest BCUT2D eigenvalue weighted by atomic mass is 9.97. The molecule has 3 aromatic rings. The van der Waals surface area contributed by atoms with E-state index in [2.05, 4.69) is 34.0 Å². The highest BCUT2D eigenvalue weighted by molar-refractivity contribution is 5.76. The maximum Gasteiger partial charge on any atom is 0.317 e. The number of para-hydroxylation sites is 2. The largest absolute Gasteiger partial charge is 0.334 e. The van der Waals surface area contributed by atoms with Gasteiger partial charge in [0, 0.05) is 44.5 Å². The number of carbonyl (C=O) groups is 1. The van der Waals surface area contributed by atoms with Crippen LogP contribution >= 0.6 is 0 Å². The summed E-state index contributed by atoms with van der Waals surface area (Å²) in [6.45, 7) is 6.03. The molecule has 1 aromatic carbocycles. The van der Waals surface area contributed by atoms with E-state index in [1.54, 1.807) is 0 Å². The zero-order chi connectivity index (χ0) is 19.7. The zero-order valence-corrected chi connectivity index (χ0v) is 16.8. The summed E-state index contributed by atoms with van der Waals surface area (Å²) in [6.07, 6.45) is 3.88. The molecule has 4 rings (SSSR count). The van der Waals surface area contributed by atoms with Gasteiger partial charge >= 0.3 is 6.03 Å². The lowest BCUT2D eigenvalue weighted by Gasteiger charge is -2.32. The molecule has 28 heavy (non-hydrogen) atoms. The first-order valence-electron chi connectivity index (χ1n) is 9.89. The first-order chi connectivity index (χ1) is 13.5. The molecule has 146 valence electrons. The summed E-state index contributed by atoms with van der Waals surface area (Å²) in [5, 5.41) is 3.05. The van der Waals surface area contributed by atoms with Crippen LogP contribution in [0.3, 0.4) is 0 Å². The second-order valence-electron chi connectivity index (χ2n) is 7.71. The number of nitrogens with one attached hydrogen (secondary N) is 1. The summed E-state index contributed by atoms with van der Waals surface area (Å²) in [5.74, 6) is 1.33. The van der Waals surface area contributed by atoms with Gasteiger partial charge in [0.15, 0.2) is 0 Å². The molecule has 3 heterocycles. The van der Waals surface area contributed by atoms with Gasteiger partial charge in [0.25, 0.3) is 0 Å². The standard InChI is InChI=1S/C22H27N5O/c1-15-11-17(12-23-16(15)2)13-24-22(28)27-10-6-7-18(14-27)21-25-19-8-4-5-9-20(19)26(21)3/h4-5,8-9,11-12,18H,6-7,10,13-14H2,1-3H3,(H,24,28)/t18-/m1/s1. The van der Waals surface area contributed by atoms with Gasteiger partial charge in [-0.15, -0.1) is 0 Å². The van der Waals surface area contributed by atoms with E-state index in [0.717, 1.165) is 53.1 Å². The summed E-state index contributed by atoms with van der Waals surface area (Å²) in [6, 6.07) is 10.3. The molecule has 0 radical (unpaired) electrons. The molecular weight excluding hydrogens is 350 g/mol. The first kappa shape index (κ1) is 18.5. The van der Waals surface area contributed by atoms with Crippen LogP contribution in [0, 0.1) is 13.8 Å². The third-order valence-corrected chi connectivity index (χ3v) is 5.74. The lowest BCUT2D eigenvalue weighted by molar-refractivity contribution is 0.177. The summed E-state index contributed by atoms with van der Waals surface area (Å²) < 4.78 is 2.17. The Morgan fingerprint density at radius 2 is 2.11 bits per heavy atom. The number of likely N-dealkylation sites (tertiary alicyclic amines) is 1. The molecule has 1 aliphatic heterocycles.